The zero-order valence-corrected chi connectivity index (χ0v) is 14.7. The average Bonchev–Trinajstić information content (AvgIpc) is 2.71. The van der Waals surface area contributed by atoms with Crippen LogP contribution in [0, 0.1) is 11.7 Å². The van der Waals surface area contributed by atoms with Crippen molar-refractivity contribution in [3.05, 3.63) is 65.5 Å². The summed E-state index contributed by atoms with van der Waals surface area (Å²) in [7, 11) is 0. The summed E-state index contributed by atoms with van der Waals surface area (Å²) in [5, 5.41) is 0. The Hall–Kier alpha value is -3.16. The molecule has 1 fully saturated rings. The first kappa shape index (κ1) is 17.3. The Balaban J connectivity index is 1.39. The third kappa shape index (κ3) is 3.99. The number of rotatable bonds is 4. The highest BCUT2D eigenvalue weighted by molar-refractivity contribution is 5.56. The summed E-state index contributed by atoms with van der Waals surface area (Å²) in [5.74, 6) is 0.496. The molecule has 3 aromatic heterocycles. The van der Waals surface area contributed by atoms with Crippen LogP contribution >= 0.6 is 0 Å². The lowest BCUT2D eigenvalue weighted by atomic mass is 9.97. The number of nitrogens with zero attached hydrogens (tertiary/aromatic N) is 6. The lowest BCUT2D eigenvalue weighted by Gasteiger charge is -2.32. The summed E-state index contributed by atoms with van der Waals surface area (Å²) >= 11 is 0. The SMILES string of the molecule is O=c1cc(-c2cccnc2)ncn1CC1CCN(c2ncc(F)cn2)CC1. The number of hydrogen-bond donors (Lipinski definition) is 0. The van der Waals surface area contributed by atoms with E-state index in [-0.39, 0.29) is 5.56 Å². The number of pyridine rings is 1. The summed E-state index contributed by atoms with van der Waals surface area (Å²) in [6.07, 6.45) is 9.19. The van der Waals surface area contributed by atoms with Crippen LogP contribution in [0.15, 0.2) is 54.1 Å². The first-order valence-corrected chi connectivity index (χ1v) is 8.88. The topological polar surface area (TPSA) is 76.8 Å². The molecule has 0 N–H and O–H groups in total. The third-order valence-corrected chi connectivity index (χ3v) is 4.80. The van der Waals surface area contributed by atoms with E-state index in [1.165, 1.54) is 12.4 Å². The maximum atomic E-state index is 12.9. The Labute approximate surface area is 155 Å². The van der Waals surface area contributed by atoms with E-state index in [1.807, 2.05) is 17.0 Å². The molecule has 8 heteroatoms. The fraction of sp³-hybridized carbons (Fsp3) is 0.316. The molecule has 1 saturated heterocycles. The normalized spacial score (nSPS) is 15.1. The van der Waals surface area contributed by atoms with Gasteiger partial charge in [0.25, 0.3) is 5.56 Å². The molecule has 0 saturated carbocycles. The van der Waals surface area contributed by atoms with Gasteiger partial charge in [-0.1, -0.05) is 0 Å². The average molecular weight is 366 g/mol. The molecule has 4 heterocycles. The van der Waals surface area contributed by atoms with Crippen LogP contribution in [0.1, 0.15) is 12.8 Å². The number of hydrogen-bond acceptors (Lipinski definition) is 6. The van der Waals surface area contributed by atoms with Gasteiger partial charge in [-0.05, 0) is 30.9 Å². The van der Waals surface area contributed by atoms with Crippen LogP contribution in [0.5, 0.6) is 0 Å². The minimum absolute atomic E-state index is 0.0619. The van der Waals surface area contributed by atoms with Crippen LogP contribution < -0.4 is 10.5 Å². The molecule has 0 aliphatic carbocycles. The van der Waals surface area contributed by atoms with Gasteiger partial charge in [0.2, 0.25) is 5.95 Å². The van der Waals surface area contributed by atoms with Gasteiger partial charge in [0.1, 0.15) is 0 Å². The summed E-state index contributed by atoms with van der Waals surface area (Å²) in [4.78, 5) is 31.0. The number of piperidine rings is 1. The second-order valence-corrected chi connectivity index (χ2v) is 6.64. The van der Waals surface area contributed by atoms with Gasteiger partial charge in [-0.15, -0.1) is 0 Å². The predicted octanol–water partition coefficient (Wildman–Crippen LogP) is 2.15. The molecular formula is C19H19FN6O. The van der Waals surface area contributed by atoms with E-state index in [2.05, 4.69) is 19.9 Å². The molecule has 1 aliphatic rings. The quantitative estimate of drug-likeness (QED) is 0.704. The highest BCUT2D eigenvalue weighted by atomic mass is 19.1. The van der Waals surface area contributed by atoms with Crippen molar-refractivity contribution in [2.24, 2.45) is 5.92 Å². The van der Waals surface area contributed by atoms with Crippen molar-refractivity contribution in [3.8, 4) is 11.3 Å². The molecule has 7 nitrogen and oxygen atoms in total. The minimum Gasteiger partial charge on any atom is -0.341 e. The summed E-state index contributed by atoms with van der Waals surface area (Å²) in [6.45, 7) is 2.20. The fourth-order valence-corrected chi connectivity index (χ4v) is 3.30. The number of halogens is 1. The van der Waals surface area contributed by atoms with Crippen LogP contribution in [-0.2, 0) is 6.54 Å². The Bertz CT molecular complexity index is 952. The van der Waals surface area contributed by atoms with E-state index in [0.717, 1.165) is 31.5 Å². The highest BCUT2D eigenvalue weighted by Crippen LogP contribution is 2.21. The Morgan fingerprint density at radius 2 is 1.89 bits per heavy atom. The molecule has 4 rings (SSSR count). The molecule has 3 aromatic rings. The largest absolute Gasteiger partial charge is 0.341 e. The monoisotopic (exact) mass is 366 g/mol. The third-order valence-electron chi connectivity index (χ3n) is 4.80. The number of aromatic nitrogens is 5. The zero-order valence-electron chi connectivity index (χ0n) is 14.7. The van der Waals surface area contributed by atoms with Gasteiger partial charge >= 0.3 is 0 Å². The molecule has 0 bridgehead atoms. The Kier molecular flexibility index (Phi) is 4.86. The van der Waals surface area contributed by atoms with Crippen LogP contribution in [0.2, 0.25) is 0 Å². The second-order valence-electron chi connectivity index (χ2n) is 6.64. The Morgan fingerprint density at radius 1 is 1.11 bits per heavy atom. The van der Waals surface area contributed by atoms with Gasteiger partial charge in [0.05, 0.1) is 24.4 Å². The van der Waals surface area contributed by atoms with Crippen molar-refractivity contribution < 1.29 is 4.39 Å². The molecule has 0 atom stereocenters. The zero-order chi connectivity index (χ0) is 18.6. The van der Waals surface area contributed by atoms with Gasteiger partial charge in [0.15, 0.2) is 5.82 Å². The Morgan fingerprint density at radius 3 is 2.56 bits per heavy atom. The van der Waals surface area contributed by atoms with Crippen LogP contribution in [-0.4, -0.2) is 37.6 Å². The predicted molar refractivity (Wildman–Crippen MR) is 98.7 cm³/mol. The maximum Gasteiger partial charge on any atom is 0.253 e. The van der Waals surface area contributed by atoms with Crippen molar-refractivity contribution in [2.45, 2.75) is 19.4 Å². The first-order valence-electron chi connectivity index (χ1n) is 8.88. The second kappa shape index (κ2) is 7.61. The number of anilines is 1. The van der Waals surface area contributed by atoms with Crippen molar-refractivity contribution >= 4 is 5.95 Å². The molecule has 138 valence electrons. The van der Waals surface area contributed by atoms with Gasteiger partial charge in [-0.2, -0.15) is 0 Å². The molecule has 0 radical (unpaired) electrons. The van der Waals surface area contributed by atoms with E-state index in [0.29, 0.717) is 24.1 Å². The van der Waals surface area contributed by atoms with E-state index in [9.17, 15) is 9.18 Å². The molecule has 0 spiro atoms. The van der Waals surface area contributed by atoms with Gasteiger partial charge < -0.3 is 4.90 Å². The van der Waals surface area contributed by atoms with Crippen molar-refractivity contribution in [1.29, 1.82) is 0 Å². The van der Waals surface area contributed by atoms with Crippen molar-refractivity contribution in [3.63, 3.8) is 0 Å². The molecule has 0 amide bonds. The lowest BCUT2D eigenvalue weighted by molar-refractivity contribution is 0.349. The van der Waals surface area contributed by atoms with Gasteiger partial charge in [-0.3, -0.25) is 14.3 Å². The maximum absolute atomic E-state index is 12.9. The van der Waals surface area contributed by atoms with Crippen molar-refractivity contribution in [2.75, 3.05) is 18.0 Å². The van der Waals surface area contributed by atoms with Crippen LogP contribution in [0.3, 0.4) is 0 Å². The molecule has 0 unspecified atom stereocenters. The highest BCUT2D eigenvalue weighted by Gasteiger charge is 2.21. The van der Waals surface area contributed by atoms with E-state index < -0.39 is 5.82 Å². The van der Waals surface area contributed by atoms with Gasteiger partial charge in [0, 0.05) is 43.7 Å². The summed E-state index contributed by atoms with van der Waals surface area (Å²) < 4.78 is 14.6. The fourth-order valence-electron chi connectivity index (χ4n) is 3.30. The van der Waals surface area contributed by atoms with E-state index in [1.54, 1.807) is 29.4 Å². The van der Waals surface area contributed by atoms with Gasteiger partial charge in [-0.25, -0.2) is 19.3 Å². The molecule has 27 heavy (non-hydrogen) atoms. The van der Waals surface area contributed by atoms with E-state index >= 15 is 0 Å². The smallest absolute Gasteiger partial charge is 0.253 e. The summed E-state index contributed by atoms with van der Waals surface area (Å²) in [6, 6.07) is 5.26. The summed E-state index contributed by atoms with van der Waals surface area (Å²) in [5.41, 5.74) is 1.40. The van der Waals surface area contributed by atoms with E-state index in [4.69, 9.17) is 0 Å². The molecule has 1 aliphatic heterocycles. The minimum atomic E-state index is -0.435. The molecular weight excluding hydrogens is 347 g/mol. The van der Waals surface area contributed by atoms with Crippen LogP contribution in [0.25, 0.3) is 11.3 Å². The standard InChI is InChI=1S/C19H19FN6O/c20-16-10-22-19(23-11-16)25-6-3-14(4-7-25)12-26-13-24-17(8-18(26)27)15-2-1-5-21-9-15/h1-2,5,8-11,13-14H,3-4,6-7,12H2. The lowest BCUT2D eigenvalue weighted by Crippen LogP contribution is -2.37. The first-order chi connectivity index (χ1) is 13.2. The van der Waals surface area contributed by atoms with Crippen LogP contribution in [0.4, 0.5) is 10.3 Å². The van der Waals surface area contributed by atoms with Crippen molar-refractivity contribution in [1.82, 2.24) is 24.5 Å². The molecule has 0 aromatic carbocycles.